The summed E-state index contributed by atoms with van der Waals surface area (Å²) in [6.45, 7) is 2.21. The number of rotatable bonds is 3. The Balaban J connectivity index is 1.81. The van der Waals surface area contributed by atoms with E-state index in [0.29, 0.717) is 17.8 Å². The van der Waals surface area contributed by atoms with E-state index in [-0.39, 0.29) is 0 Å². The van der Waals surface area contributed by atoms with Gasteiger partial charge in [-0.05, 0) is 71.8 Å². The number of aryl methyl sites for hydroxylation is 1. The second-order valence-corrected chi connectivity index (χ2v) is 6.05. The first-order valence-electron chi connectivity index (χ1n) is 6.84. The van der Waals surface area contributed by atoms with Gasteiger partial charge in [-0.3, -0.25) is 0 Å². The maximum absolute atomic E-state index is 9.70. The molecule has 0 spiro atoms. The molecule has 0 amide bonds. The second kappa shape index (κ2) is 5.35. The summed E-state index contributed by atoms with van der Waals surface area (Å²) in [5.74, 6) is 0.371. The minimum absolute atomic E-state index is 0.351. The average molecular weight is 273 g/mol. The molecule has 0 saturated carbocycles. The number of fused-ring (bicyclic) bond motifs is 1. The van der Waals surface area contributed by atoms with Crippen LogP contribution in [0.2, 0.25) is 0 Å². The van der Waals surface area contributed by atoms with Crippen LogP contribution in [0.15, 0.2) is 35.0 Å². The molecule has 2 nitrogen and oxygen atoms in total. The molecule has 0 radical (unpaired) electrons. The van der Waals surface area contributed by atoms with Crippen molar-refractivity contribution >= 4 is 11.3 Å². The van der Waals surface area contributed by atoms with E-state index >= 15 is 0 Å². The normalized spacial score (nSPS) is 19.9. The third-order valence-electron chi connectivity index (χ3n) is 3.94. The number of hydrogen-bond donors (Lipinski definition) is 2. The van der Waals surface area contributed by atoms with E-state index in [1.54, 1.807) is 17.4 Å². The Hall–Kier alpha value is -1.32. The molecule has 2 atom stereocenters. The third kappa shape index (κ3) is 2.67. The molecule has 0 aliphatic heterocycles. The van der Waals surface area contributed by atoms with E-state index in [1.807, 2.05) is 6.07 Å². The molecule has 0 saturated heterocycles. The molecule has 1 aliphatic carbocycles. The van der Waals surface area contributed by atoms with Crippen molar-refractivity contribution < 1.29 is 5.11 Å². The standard InChI is InChI=1S/C16H19NOS/c1-11(13-7-8-19-10-13)17-16-4-2-3-12-5-6-14(18)9-15(12)16/h5-11,16-18H,2-4H2,1H3. The summed E-state index contributed by atoms with van der Waals surface area (Å²) >= 11 is 1.74. The highest BCUT2D eigenvalue weighted by molar-refractivity contribution is 7.07. The van der Waals surface area contributed by atoms with Gasteiger partial charge in [0.2, 0.25) is 0 Å². The molecule has 1 aliphatic rings. The van der Waals surface area contributed by atoms with Crippen molar-refractivity contribution in [3.05, 3.63) is 51.7 Å². The highest BCUT2D eigenvalue weighted by Gasteiger charge is 2.22. The Morgan fingerprint density at radius 3 is 3.05 bits per heavy atom. The molecule has 19 heavy (non-hydrogen) atoms. The average Bonchev–Trinajstić information content (AvgIpc) is 2.93. The van der Waals surface area contributed by atoms with Crippen molar-refractivity contribution in [2.24, 2.45) is 0 Å². The maximum Gasteiger partial charge on any atom is 0.115 e. The monoisotopic (exact) mass is 273 g/mol. The van der Waals surface area contributed by atoms with Crippen molar-refractivity contribution in [1.82, 2.24) is 5.32 Å². The van der Waals surface area contributed by atoms with Crippen LogP contribution in [0.5, 0.6) is 5.75 Å². The van der Waals surface area contributed by atoms with E-state index in [1.165, 1.54) is 23.1 Å². The van der Waals surface area contributed by atoms with Gasteiger partial charge in [0.05, 0.1) is 0 Å². The smallest absolute Gasteiger partial charge is 0.115 e. The molecular weight excluding hydrogens is 254 g/mol. The van der Waals surface area contributed by atoms with Gasteiger partial charge in [-0.2, -0.15) is 11.3 Å². The fraction of sp³-hybridized carbons (Fsp3) is 0.375. The molecule has 1 heterocycles. The summed E-state index contributed by atoms with van der Waals surface area (Å²) in [6.07, 6.45) is 3.48. The summed E-state index contributed by atoms with van der Waals surface area (Å²) in [6, 6.07) is 8.66. The van der Waals surface area contributed by atoms with E-state index in [2.05, 4.69) is 35.1 Å². The lowest BCUT2D eigenvalue weighted by Crippen LogP contribution is -2.27. The van der Waals surface area contributed by atoms with Crippen LogP contribution in [0.1, 0.15) is 48.5 Å². The Morgan fingerprint density at radius 1 is 1.37 bits per heavy atom. The van der Waals surface area contributed by atoms with E-state index in [4.69, 9.17) is 0 Å². The molecule has 0 bridgehead atoms. The number of aromatic hydroxyl groups is 1. The lowest BCUT2D eigenvalue weighted by molar-refractivity contribution is 0.411. The first-order chi connectivity index (χ1) is 9.24. The Morgan fingerprint density at radius 2 is 2.26 bits per heavy atom. The summed E-state index contributed by atoms with van der Waals surface area (Å²) < 4.78 is 0. The van der Waals surface area contributed by atoms with Gasteiger partial charge in [0.1, 0.15) is 5.75 Å². The number of nitrogens with one attached hydrogen (secondary N) is 1. The predicted molar refractivity (Wildman–Crippen MR) is 79.7 cm³/mol. The number of benzene rings is 1. The van der Waals surface area contributed by atoms with Crippen molar-refractivity contribution in [1.29, 1.82) is 0 Å². The number of thiophene rings is 1. The fourth-order valence-electron chi connectivity index (χ4n) is 2.88. The minimum Gasteiger partial charge on any atom is -0.508 e. The van der Waals surface area contributed by atoms with Gasteiger partial charge in [-0.1, -0.05) is 6.07 Å². The molecule has 2 unspecified atom stereocenters. The number of phenols is 1. The molecule has 3 rings (SSSR count). The number of hydrogen-bond acceptors (Lipinski definition) is 3. The third-order valence-corrected chi connectivity index (χ3v) is 4.64. The molecule has 100 valence electrons. The van der Waals surface area contributed by atoms with Crippen LogP contribution in [-0.4, -0.2) is 5.11 Å². The van der Waals surface area contributed by atoms with Crippen LogP contribution < -0.4 is 5.32 Å². The lowest BCUT2D eigenvalue weighted by atomic mass is 9.87. The largest absolute Gasteiger partial charge is 0.508 e. The van der Waals surface area contributed by atoms with E-state index < -0.39 is 0 Å². The van der Waals surface area contributed by atoms with Crippen LogP contribution in [0.4, 0.5) is 0 Å². The zero-order valence-corrected chi connectivity index (χ0v) is 11.9. The van der Waals surface area contributed by atoms with E-state index in [9.17, 15) is 5.11 Å². The summed E-state index contributed by atoms with van der Waals surface area (Å²) in [5.41, 5.74) is 3.99. The quantitative estimate of drug-likeness (QED) is 0.879. The maximum atomic E-state index is 9.70. The Bertz CT molecular complexity index is 550. The van der Waals surface area contributed by atoms with Gasteiger partial charge in [0.25, 0.3) is 0 Å². The zero-order chi connectivity index (χ0) is 13.2. The van der Waals surface area contributed by atoms with Gasteiger partial charge in [0, 0.05) is 12.1 Å². The summed E-state index contributed by atoms with van der Waals surface area (Å²) in [4.78, 5) is 0. The Kier molecular flexibility index (Phi) is 3.58. The highest BCUT2D eigenvalue weighted by Crippen LogP contribution is 2.33. The first-order valence-corrected chi connectivity index (χ1v) is 7.78. The van der Waals surface area contributed by atoms with Crippen molar-refractivity contribution in [3.8, 4) is 5.75 Å². The van der Waals surface area contributed by atoms with Gasteiger partial charge < -0.3 is 10.4 Å². The molecule has 3 heteroatoms. The van der Waals surface area contributed by atoms with Gasteiger partial charge >= 0.3 is 0 Å². The Labute approximate surface area is 118 Å². The highest BCUT2D eigenvalue weighted by atomic mass is 32.1. The van der Waals surface area contributed by atoms with Crippen LogP contribution in [-0.2, 0) is 6.42 Å². The fourth-order valence-corrected chi connectivity index (χ4v) is 3.63. The van der Waals surface area contributed by atoms with E-state index in [0.717, 1.165) is 12.8 Å². The van der Waals surface area contributed by atoms with Crippen molar-refractivity contribution in [2.45, 2.75) is 38.3 Å². The summed E-state index contributed by atoms with van der Waals surface area (Å²) in [5, 5.41) is 17.7. The first kappa shape index (κ1) is 12.7. The van der Waals surface area contributed by atoms with Gasteiger partial charge in [-0.15, -0.1) is 0 Å². The van der Waals surface area contributed by atoms with Crippen LogP contribution in [0.25, 0.3) is 0 Å². The minimum atomic E-state index is 0.351. The topological polar surface area (TPSA) is 32.3 Å². The molecule has 2 aromatic rings. The van der Waals surface area contributed by atoms with Gasteiger partial charge in [-0.25, -0.2) is 0 Å². The summed E-state index contributed by atoms with van der Waals surface area (Å²) in [7, 11) is 0. The number of phenolic OH excluding ortho intramolecular Hbond substituents is 1. The van der Waals surface area contributed by atoms with Gasteiger partial charge in [0.15, 0.2) is 0 Å². The zero-order valence-electron chi connectivity index (χ0n) is 11.1. The molecule has 2 N–H and O–H groups in total. The predicted octanol–water partition coefficient (Wildman–Crippen LogP) is 4.18. The molecule has 0 fully saturated rings. The van der Waals surface area contributed by atoms with Crippen molar-refractivity contribution in [2.75, 3.05) is 0 Å². The SMILES string of the molecule is CC(NC1CCCc2ccc(O)cc21)c1ccsc1. The molecule has 1 aromatic carbocycles. The second-order valence-electron chi connectivity index (χ2n) is 5.27. The van der Waals surface area contributed by atoms with Crippen molar-refractivity contribution in [3.63, 3.8) is 0 Å². The lowest BCUT2D eigenvalue weighted by Gasteiger charge is -2.29. The molecule has 1 aromatic heterocycles. The van der Waals surface area contributed by atoms with Crippen LogP contribution >= 0.6 is 11.3 Å². The van der Waals surface area contributed by atoms with Crippen LogP contribution in [0, 0.1) is 0 Å². The van der Waals surface area contributed by atoms with Crippen LogP contribution in [0.3, 0.4) is 0 Å². The molecular formula is C16H19NOS.